The molecule has 0 aliphatic heterocycles. The van der Waals surface area contributed by atoms with E-state index >= 15 is 0 Å². The van der Waals surface area contributed by atoms with Crippen molar-refractivity contribution in [1.29, 1.82) is 0 Å². The summed E-state index contributed by atoms with van der Waals surface area (Å²) in [6.45, 7) is 2.51. The lowest BCUT2D eigenvalue weighted by atomic mass is 10.0. The van der Waals surface area contributed by atoms with E-state index in [9.17, 15) is 43.5 Å². The van der Waals surface area contributed by atoms with Crippen LogP contribution in [-0.2, 0) is 55.8 Å². The normalized spacial score (nSPS) is 14.7. The molecule has 0 saturated heterocycles. The summed E-state index contributed by atoms with van der Waals surface area (Å²) in [5.74, 6) is -1.60. The van der Waals surface area contributed by atoms with E-state index in [0.29, 0.717) is 19.3 Å². The first-order valence-electron chi connectivity index (χ1n) is 40.5. The average molecular weight is 1490 g/mol. The van der Waals surface area contributed by atoms with E-state index < -0.39 is 91.5 Å². The molecule has 0 aliphatic carbocycles. The highest BCUT2D eigenvalue weighted by Gasteiger charge is 2.29. The Hall–Kier alpha value is -4.31. The van der Waals surface area contributed by atoms with E-state index in [1.165, 1.54) is 116 Å². The molecule has 5 unspecified atom stereocenters. The van der Waals surface area contributed by atoms with Crippen molar-refractivity contribution in [2.24, 2.45) is 0 Å². The third kappa shape index (κ3) is 78.6. The van der Waals surface area contributed by atoms with Crippen molar-refractivity contribution >= 4 is 33.6 Å². The van der Waals surface area contributed by atoms with Crippen LogP contribution in [0.25, 0.3) is 0 Å². The predicted molar refractivity (Wildman–Crippen MR) is 426 cm³/mol. The van der Waals surface area contributed by atoms with Crippen LogP contribution in [0.3, 0.4) is 0 Å². The van der Waals surface area contributed by atoms with Crippen molar-refractivity contribution < 1.29 is 75.8 Å². The third-order valence-electron chi connectivity index (χ3n) is 16.8. The SMILES string of the molecule is CC/C=C\C/C=C\C/C=C\C/C=C\C/C=C\CCCCCCCCCCCCCC(=O)OCC(O)COP(=O)(O)OCC(O)COP(=O)(O)OCC(COC(=O)CCCCCCCCCCC/C=C\C/C=C\C/C=C\C/C=C\CCCCC)OC(=O)CCCCCCC/C=C\C/C=C\CCCCC. The molecule has 5 atom stereocenters. The zero-order valence-electron chi connectivity index (χ0n) is 64.7. The van der Waals surface area contributed by atoms with E-state index in [-0.39, 0.29) is 19.3 Å². The molecule has 592 valence electrons. The van der Waals surface area contributed by atoms with E-state index in [4.69, 9.17) is 32.3 Å². The fraction of sp³-hybridized carbons (Fsp3) is 0.706. The molecule has 0 saturated carbocycles. The zero-order chi connectivity index (χ0) is 75.2. The molecule has 0 radical (unpaired) electrons. The van der Waals surface area contributed by atoms with Crippen LogP contribution in [0.2, 0.25) is 0 Å². The number of carbonyl (C=O) groups excluding carboxylic acids is 3. The van der Waals surface area contributed by atoms with E-state index in [2.05, 4.69) is 154 Å². The van der Waals surface area contributed by atoms with E-state index in [1.807, 2.05) is 0 Å². The first kappa shape index (κ1) is 98.7. The Kier molecular flexibility index (Phi) is 74.1. The maximum atomic E-state index is 13.0. The molecule has 0 aromatic carbocycles. The summed E-state index contributed by atoms with van der Waals surface area (Å²) in [5, 5.41) is 20.6. The first-order chi connectivity index (χ1) is 50.2. The highest BCUT2D eigenvalue weighted by molar-refractivity contribution is 7.47. The number of esters is 3. The Balaban J connectivity index is 4.58. The molecule has 0 amide bonds. The summed E-state index contributed by atoms with van der Waals surface area (Å²) in [6, 6.07) is 0. The minimum atomic E-state index is -4.94. The molecule has 0 aliphatic rings. The topological polar surface area (TPSA) is 231 Å². The van der Waals surface area contributed by atoms with Crippen molar-refractivity contribution in [3.63, 3.8) is 0 Å². The van der Waals surface area contributed by atoms with Crippen molar-refractivity contribution in [2.45, 2.75) is 347 Å². The number of aliphatic hydroxyl groups is 2. The van der Waals surface area contributed by atoms with Gasteiger partial charge in [0.1, 0.15) is 25.4 Å². The minimum absolute atomic E-state index is 0.0851. The summed E-state index contributed by atoms with van der Waals surface area (Å²) >= 11 is 0. The van der Waals surface area contributed by atoms with Gasteiger partial charge < -0.3 is 34.2 Å². The molecule has 4 N–H and O–H groups in total. The van der Waals surface area contributed by atoms with Gasteiger partial charge in [-0.15, -0.1) is 0 Å². The molecule has 0 aromatic rings. The molecule has 18 heteroatoms. The number of aliphatic hydroxyl groups excluding tert-OH is 2. The van der Waals surface area contributed by atoms with Crippen LogP contribution >= 0.6 is 15.6 Å². The van der Waals surface area contributed by atoms with E-state index in [1.54, 1.807) is 0 Å². The smallest absolute Gasteiger partial charge is 0.463 e. The van der Waals surface area contributed by atoms with Crippen LogP contribution in [0, 0.1) is 0 Å². The molecule has 16 nitrogen and oxygen atoms in total. The second kappa shape index (κ2) is 77.3. The van der Waals surface area contributed by atoms with Gasteiger partial charge in [-0.25, -0.2) is 9.13 Å². The van der Waals surface area contributed by atoms with Crippen molar-refractivity contribution in [1.82, 2.24) is 0 Å². The molecule has 0 aromatic heterocycles. The average Bonchev–Trinajstić information content (AvgIpc) is 0.922. The van der Waals surface area contributed by atoms with Crippen LogP contribution in [0.5, 0.6) is 0 Å². The quantitative estimate of drug-likeness (QED) is 0.0146. The van der Waals surface area contributed by atoms with Crippen molar-refractivity contribution in [3.05, 3.63) is 134 Å². The highest BCUT2D eigenvalue weighted by Crippen LogP contribution is 2.45. The number of hydrogen-bond acceptors (Lipinski definition) is 14. The molecule has 0 fully saturated rings. The monoisotopic (exact) mass is 1490 g/mol. The molecular weight excluding hydrogens is 1340 g/mol. The largest absolute Gasteiger partial charge is 0.472 e. The fourth-order valence-electron chi connectivity index (χ4n) is 10.7. The summed E-state index contributed by atoms with van der Waals surface area (Å²) in [6.07, 6.45) is 93.5. The molecular formula is C85H146O16P2. The number of phosphoric ester groups is 2. The fourth-order valence-corrected chi connectivity index (χ4v) is 12.3. The Labute approximate surface area is 626 Å². The highest BCUT2D eigenvalue weighted by atomic mass is 31.2. The lowest BCUT2D eigenvalue weighted by Crippen LogP contribution is -2.30. The summed E-state index contributed by atoms with van der Waals surface area (Å²) in [7, 11) is -9.80. The number of phosphoric acid groups is 2. The van der Waals surface area contributed by atoms with Crippen LogP contribution in [0.1, 0.15) is 329 Å². The van der Waals surface area contributed by atoms with Gasteiger partial charge in [0.15, 0.2) is 6.10 Å². The standard InChI is InChI=1S/C85H146O16P2/c1-4-7-10-13-16-19-22-25-28-30-32-34-36-38-39-41-43-44-46-48-51-53-56-59-62-65-68-71-83(88)95-74-80(86)75-97-102(91,92)98-76-81(87)77-99-103(93,94)100-79-82(101-85(90)73-70-67-64-61-58-55-50-27-24-21-18-15-12-9-6-3)78-96-84(89)72-69-66-63-60-57-54-52-49-47-45-42-40-37-35-33-31-29-26-23-20-17-14-11-8-5-2/h7,10,16-21,25-29,32-35,38-40,42,50,80-82,86-87H,4-6,8-9,11-15,22-24,30-31,36-37,41,43-49,51-79H2,1-3H3,(H,91,92)(H,93,94)/b10-7-,19-16-,20-17-,21-18-,28-25-,29-26-,34-32-,35-33-,39-38-,42-40-,50-27-. The number of allylic oxidation sites excluding steroid dienone is 22. The lowest BCUT2D eigenvalue weighted by Gasteiger charge is -2.21. The van der Waals surface area contributed by atoms with Crippen LogP contribution < -0.4 is 0 Å². The van der Waals surface area contributed by atoms with Gasteiger partial charge in [-0.1, -0.05) is 302 Å². The lowest BCUT2D eigenvalue weighted by molar-refractivity contribution is -0.161. The Morgan fingerprint density at radius 3 is 0.816 bits per heavy atom. The summed E-state index contributed by atoms with van der Waals surface area (Å²) in [5.41, 5.74) is 0. The third-order valence-corrected chi connectivity index (χ3v) is 18.7. The molecule has 0 rings (SSSR count). The maximum absolute atomic E-state index is 13.0. The second-order valence-electron chi connectivity index (χ2n) is 26.8. The van der Waals surface area contributed by atoms with Gasteiger partial charge in [-0.3, -0.25) is 32.5 Å². The van der Waals surface area contributed by atoms with Gasteiger partial charge in [-0.05, 0) is 141 Å². The minimum Gasteiger partial charge on any atom is -0.463 e. The van der Waals surface area contributed by atoms with Crippen LogP contribution in [0.15, 0.2) is 134 Å². The van der Waals surface area contributed by atoms with Gasteiger partial charge in [0.2, 0.25) is 0 Å². The number of ether oxygens (including phenoxy) is 3. The van der Waals surface area contributed by atoms with Gasteiger partial charge in [0.25, 0.3) is 0 Å². The summed E-state index contributed by atoms with van der Waals surface area (Å²) < 4.78 is 61.2. The van der Waals surface area contributed by atoms with Crippen LogP contribution in [0.4, 0.5) is 0 Å². The van der Waals surface area contributed by atoms with Gasteiger partial charge in [0.05, 0.1) is 26.4 Å². The number of rotatable bonds is 76. The number of carbonyl (C=O) groups is 3. The Morgan fingerprint density at radius 2 is 0.515 bits per heavy atom. The predicted octanol–water partition coefficient (Wildman–Crippen LogP) is 23.9. The number of hydrogen-bond donors (Lipinski definition) is 4. The Morgan fingerprint density at radius 1 is 0.282 bits per heavy atom. The summed E-state index contributed by atoms with van der Waals surface area (Å²) in [4.78, 5) is 58.7. The second-order valence-corrected chi connectivity index (χ2v) is 29.7. The van der Waals surface area contributed by atoms with Gasteiger partial charge in [0, 0.05) is 19.3 Å². The zero-order valence-corrected chi connectivity index (χ0v) is 66.5. The number of unbranched alkanes of at least 4 members (excludes halogenated alkanes) is 31. The Bertz CT molecular complexity index is 2410. The molecule has 0 bridgehead atoms. The molecule has 0 heterocycles. The van der Waals surface area contributed by atoms with Crippen molar-refractivity contribution in [3.8, 4) is 0 Å². The first-order valence-corrected chi connectivity index (χ1v) is 43.5. The van der Waals surface area contributed by atoms with Gasteiger partial charge >= 0.3 is 33.6 Å². The van der Waals surface area contributed by atoms with Gasteiger partial charge in [-0.2, -0.15) is 0 Å². The van der Waals surface area contributed by atoms with E-state index in [0.717, 1.165) is 154 Å². The molecule has 0 spiro atoms. The molecule has 103 heavy (non-hydrogen) atoms. The maximum Gasteiger partial charge on any atom is 0.472 e. The van der Waals surface area contributed by atoms with Crippen molar-refractivity contribution in [2.75, 3.05) is 39.6 Å². The van der Waals surface area contributed by atoms with Crippen LogP contribution in [-0.4, -0.2) is 95.9 Å².